The molecule has 0 aliphatic carbocycles. The lowest BCUT2D eigenvalue weighted by Gasteiger charge is -2.36. The molecule has 0 saturated carbocycles. The third kappa shape index (κ3) is 3.82. The number of hydrogen-bond acceptors (Lipinski definition) is 2. The predicted octanol–water partition coefficient (Wildman–Crippen LogP) is 3.46. The maximum atomic E-state index is 10.4. The van der Waals surface area contributed by atoms with Gasteiger partial charge in [-0.15, -0.1) is 0 Å². The van der Waals surface area contributed by atoms with Crippen molar-refractivity contribution in [2.45, 2.75) is 52.7 Å². The maximum Gasteiger partial charge on any atom is 0.0917 e. The lowest BCUT2D eigenvalue weighted by atomic mass is 9.97. The highest BCUT2D eigenvalue weighted by Crippen LogP contribution is 2.22. The summed E-state index contributed by atoms with van der Waals surface area (Å²) in [5, 5.41) is 10.4. The van der Waals surface area contributed by atoms with Crippen LogP contribution in [0.4, 0.5) is 0 Å². The molecule has 1 unspecified atom stereocenters. The summed E-state index contributed by atoms with van der Waals surface area (Å²) >= 11 is 0. The summed E-state index contributed by atoms with van der Waals surface area (Å²) in [6.07, 6.45) is 0.655. The lowest BCUT2D eigenvalue weighted by Crippen LogP contribution is -2.42. The molecule has 0 bridgehead atoms. The van der Waals surface area contributed by atoms with Gasteiger partial charge in [0.05, 0.1) is 6.10 Å². The van der Waals surface area contributed by atoms with E-state index in [9.17, 15) is 5.11 Å². The molecular formula is C16H27NO. The first kappa shape index (κ1) is 15.2. The van der Waals surface area contributed by atoms with Crippen LogP contribution in [0.15, 0.2) is 18.2 Å². The van der Waals surface area contributed by atoms with Gasteiger partial charge in [-0.05, 0) is 46.7 Å². The first-order valence-corrected chi connectivity index (χ1v) is 6.73. The van der Waals surface area contributed by atoms with Gasteiger partial charge in [0.25, 0.3) is 0 Å². The topological polar surface area (TPSA) is 23.5 Å². The minimum Gasteiger partial charge on any atom is -0.387 e. The van der Waals surface area contributed by atoms with Crippen LogP contribution in [0.2, 0.25) is 0 Å². The van der Waals surface area contributed by atoms with E-state index < -0.39 is 6.10 Å². The highest BCUT2D eigenvalue weighted by molar-refractivity contribution is 5.30. The van der Waals surface area contributed by atoms with Gasteiger partial charge >= 0.3 is 0 Å². The Labute approximate surface area is 112 Å². The number of likely N-dealkylation sites (N-methyl/N-ethyl adjacent to an activating group) is 1. The Balaban J connectivity index is 2.79. The largest absolute Gasteiger partial charge is 0.387 e. The molecule has 0 radical (unpaired) electrons. The second-order valence-corrected chi connectivity index (χ2v) is 5.98. The summed E-state index contributed by atoms with van der Waals surface area (Å²) in [6, 6.07) is 6.28. The van der Waals surface area contributed by atoms with Gasteiger partial charge in [0.2, 0.25) is 0 Å². The van der Waals surface area contributed by atoms with E-state index in [1.54, 1.807) is 0 Å². The minimum atomic E-state index is -0.417. The van der Waals surface area contributed by atoms with Crippen LogP contribution in [0.25, 0.3) is 0 Å². The molecule has 0 heterocycles. The van der Waals surface area contributed by atoms with E-state index in [1.807, 2.05) is 0 Å². The van der Waals surface area contributed by atoms with Crippen LogP contribution in [-0.2, 0) is 0 Å². The summed E-state index contributed by atoms with van der Waals surface area (Å²) in [7, 11) is 2.08. The van der Waals surface area contributed by atoms with Crippen molar-refractivity contribution < 1.29 is 5.11 Å². The van der Waals surface area contributed by atoms with E-state index in [-0.39, 0.29) is 5.54 Å². The molecule has 0 amide bonds. The van der Waals surface area contributed by atoms with Crippen molar-refractivity contribution in [2.24, 2.45) is 0 Å². The van der Waals surface area contributed by atoms with Crippen LogP contribution in [0.3, 0.4) is 0 Å². The Hall–Kier alpha value is -0.860. The van der Waals surface area contributed by atoms with Crippen molar-refractivity contribution in [1.82, 2.24) is 4.90 Å². The number of aliphatic hydroxyl groups excluding tert-OH is 1. The molecule has 102 valence electrons. The van der Waals surface area contributed by atoms with Gasteiger partial charge in [0.15, 0.2) is 0 Å². The quantitative estimate of drug-likeness (QED) is 0.864. The van der Waals surface area contributed by atoms with Gasteiger partial charge in [-0.2, -0.15) is 0 Å². The molecule has 1 aromatic rings. The third-order valence-corrected chi connectivity index (χ3v) is 3.97. The molecule has 0 saturated heterocycles. The highest BCUT2D eigenvalue weighted by Gasteiger charge is 2.23. The van der Waals surface area contributed by atoms with E-state index in [0.29, 0.717) is 6.54 Å². The average Bonchev–Trinajstić information content (AvgIpc) is 2.27. The fourth-order valence-electron chi connectivity index (χ4n) is 2.08. The fourth-order valence-corrected chi connectivity index (χ4v) is 2.08. The van der Waals surface area contributed by atoms with Gasteiger partial charge in [-0.3, -0.25) is 4.90 Å². The summed E-state index contributed by atoms with van der Waals surface area (Å²) < 4.78 is 0. The number of aryl methyl sites for hydroxylation is 2. The Kier molecular flexibility index (Phi) is 4.94. The van der Waals surface area contributed by atoms with Crippen molar-refractivity contribution in [3.05, 3.63) is 34.9 Å². The van der Waals surface area contributed by atoms with Crippen LogP contribution < -0.4 is 0 Å². The van der Waals surface area contributed by atoms with Crippen LogP contribution in [-0.4, -0.2) is 29.1 Å². The molecule has 1 atom stereocenters. The molecule has 2 nitrogen and oxygen atoms in total. The molecule has 1 rings (SSSR count). The van der Waals surface area contributed by atoms with E-state index in [4.69, 9.17) is 0 Å². The number of rotatable bonds is 5. The van der Waals surface area contributed by atoms with Crippen LogP contribution in [0, 0.1) is 13.8 Å². The zero-order valence-corrected chi connectivity index (χ0v) is 12.6. The normalized spacial score (nSPS) is 14.0. The van der Waals surface area contributed by atoms with Gasteiger partial charge in [0.1, 0.15) is 0 Å². The molecule has 18 heavy (non-hydrogen) atoms. The summed E-state index contributed by atoms with van der Waals surface area (Å²) in [5.74, 6) is 0. The Morgan fingerprint density at radius 2 is 1.67 bits per heavy atom. The Morgan fingerprint density at radius 1 is 1.17 bits per heavy atom. The number of benzene rings is 1. The standard InChI is InChI=1S/C16H27NO/c1-7-16(4,5)17(6)11-15(18)14-9-12(2)8-13(3)10-14/h8-10,15,18H,7,11H2,1-6H3. The Bertz CT molecular complexity index is 378. The van der Waals surface area contributed by atoms with Gasteiger partial charge in [-0.25, -0.2) is 0 Å². The molecule has 0 aliphatic heterocycles. The zero-order valence-electron chi connectivity index (χ0n) is 12.6. The van der Waals surface area contributed by atoms with Crippen LogP contribution >= 0.6 is 0 Å². The van der Waals surface area contributed by atoms with Crippen molar-refractivity contribution in [1.29, 1.82) is 0 Å². The molecule has 1 aromatic carbocycles. The maximum absolute atomic E-state index is 10.4. The molecule has 0 fully saturated rings. The summed E-state index contributed by atoms with van der Waals surface area (Å²) in [4.78, 5) is 2.23. The summed E-state index contributed by atoms with van der Waals surface area (Å²) in [5.41, 5.74) is 3.56. The second kappa shape index (κ2) is 5.85. The first-order chi connectivity index (χ1) is 8.26. The van der Waals surface area contributed by atoms with Crippen molar-refractivity contribution in [3.8, 4) is 0 Å². The minimum absolute atomic E-state index is 0.125. The first-order valence-electron chi connectivity index (χ1n) is 6.73. The molecule has 0 aliphatic rings. The summed E-state index contributed by atoms with van der Waals surface area (Å²) in [6.45, 7) is 11.4. The van der Waals surface area contributed by atoms with Crippen molar-refractivity contribution >= 4 is 0 Å². The zero-order chi connectivity index (χ0) is 13.9. The molecule has 1 N–H and O–H groups in total. The van der Waals surface area contributed by atoms with E-state index >= 15 is 0 Å². The smallest absolute Gasteiger partial charge is 0.0917 e. The molecule has 0 aromatic heterocycles. The van der Waals surface area contributed by atoms with Gasteiger partial charge < -0.3 is 5.11 Å². The average molecular weight is 249 g/mol. The van der Waals surface area contributed by atoms with Crippen molar-refractivity contribution in [2.75, 3.05) is 13.6 Å². The number of β-amino-alcohol motifs (C(OH)–C–C–N with tert-alkyl or cyclic N) is 1. The fraction of sp³-hybridized carbons (Fsp3) is 0.625. The van der Waals surface area contributed by atoms with Crippen LogP contribution in [0.5, 0.6) is 0 Å². The molecule has 2 heteroatoms. The van der Waals surface area contributed by atoms with Crippen molar-refractivity contribution in [3.63, 3.8) is 0 Å². The van der Waals surface area contributed by atoms with Gasteiger partial charge in [0, 0.05) is 12.1 Å². The SMILES string of the molecule is CCC(C)(C)N(C)CC(O)c1cc(C)cc(C)c1. The second-order valence-electron chi connectivity index (χ2n) is 5.98. The highest BCUT2D eigenvalue weighted by atomic mass is 16.3. The van der Waals surface area contributed by atoms with E-state index in [0.717, 1.165) is 12.0 Å². The third-order valence-electron chi connectivity index (χ3n) is 3.97. The predicted molar refractivity (Wildman–Crippen MR) is 77.9 cm³/mol. The molecule has 0 spiro atoms. The lowest BCUT2D eigenvalue weighted by molar-refractivity contribution is 0.0685. The van der Waals surface area contributed by atoms with E-state index in [2.05, 4.69) is 64.8 Å². The number of nitrogens with zero attached hydrogens (tertiary/aromatic N) is 1. The van der Waals surface area contributed by atoms with E-state index in [1.165, 1.54) is 11.1 Å². The van der Waals surface area contributed by atoms with Crippen LogP contribution in [0.1, 0.15) is 50.0 Å². The molecular weight excluding hydrogens is 222 g/mol. The number of hydrogen-bond donors (Lipinski definition) is 1. The monoisotopic (exact) mass is 249 g/mol. The van der Waals surface area contributed by atoms with Gasteiger partial charge in [-0.1, -0.05) is 36.2 Å². The Morgan fingerprint density at radius 3 is 2.11 bits per heavy atom. The number of aliphatic hydroxyl groups is 1.